The average Bonchev–Trinajstić information content (AvgIpc) is 3.65. The zero-order valence-electron chi connectivity index (χ0n) is 24.7. The zero-order chi connectivity index (χ0) is 34.1. The van der Waals surface area contributed by atoms with E-state index in [1.54, 1.807) is 24.8 Å². The fourth-order valence-corrected chi connectivity index (χ4v) is 5.43. The fourth-order valence-electron chi connectivity index (χ4n) is 3.12. The minimum Gasteiger partial charge on any atom is -0.265 e. The number of nitrogens with zero attached hydrogens (tertiary/aromatic N) is 2. The molecule has 2 heterocycles. The Bertz CT molecular complexity index is 1300. The third-order valence-electron chi connectivity index (χ3n) is 4.73. The van der Waals surface area contributed by atoms with Gasteiger partial charge in [-0.05, 0) is 48.1 Å². The Labute approximate surface area is 296 Å². The average molecular weight is 817 g/mol. The van der Waals surface area contributed by atoms with E-state index in [0.29, 0.717) is 0 Å². The molecule has 0 spiro atoms. The van der Waals surface area contributed by atoms with E-state index in [9.17, 15) is 25.2 Å². The fraction of sp³-hybridized carbons (Fsp3) is 0.0294. The summed E-state index contributed by atoms with van der Waals surface area (Å²) in [5.41, 5.74) is 0. The van der Waals surface area contributed by atoms with Crippen LogP contribution in [0.25, 0.3) is 0 Å². The SMILES string of the molecule is ClCCl.F[P-](F)(F)(F)(F)F.[Ru+2].c1cc[cH-]c1.c1ccc(P(c2ccccc2)c2ccccc2)cc1.c1ccncc1.c1ccncc1. The van der Waals surface area contributed by atoms with Crippen LogP contribution < -0.4 is 15.9 Å². The van der Waals surface area contributed by atoms with Crippen LogP contribution in [0.5, 0.6) is 0 Å². The summed E-state index contributed by atoms with van der Waals surface area (Å²) in [6.45, 7) is 0. The van der Waals surface area contributed by atoms with Crippen molar-refractivity contribution in [1.82, 2.24) is 9.97 Å². The molecular weight excluding hydrogens is 784 g/mol. The van der Waals surface area contributed by atoms with E-state index in [1.165, 1.54) is 15.9 Å². The molecule has 0 unspecified atom stereocenters. The molecule has 0 fully saturated rings. The van der Waals surface area contributed by atoms with Crippen molar-refractivity contribution in [3.05, 3.63) is 183 Å². The second kappa shape index (κ2) is 23.3. The summed E-state index contributed by atoms with van der Waals surface area (Å²) in [7, 11) is -11.1. The minimum atomic E-state index is -10.7. The molecule has 2 nitrogen and oxygen atoms in total. The molecule has 0 aliphatic heterocycles. The maximum absolute atomic E-state index is 10.7. The Balaban J connectivity index is 0.000000624. The van der Waals surface area contributed by atoms with Gasteiger partial charge in [0.05, 0.1) is 5.34 Å². The second-order valence-corrected chi connectivity index (χ2v) is 13.4. The molecule has 0 aliphatic rings. The van der Waals surface area contributed by atoms with Gasteiger partial charge in [0.15, 0.2) is 0 Å². The Hall–Kier alpha value is -3.05. The van der Waals surface area contributed by atoms with Crippen LogP contribution in [0.3, 0.4) is 0 Å². The van der Waals surface area contributed by atoms with Gasteiger partial charge in [-0.25, -0.2) is 12.1 Å². The molecule has 6 aromatic rings. The molecule has 0 atom stereocenters. The summed E-state index contributed by atoms with van der Waals surface area (Å²) in [4.78, 5) is 7.57. The zero-order valence-corrected chi connectivity index (χ0v) is 29.7. The van der Waals surface area contributed by atoms with Crippen molar-refractivity contribution >= 4 is 54.8 Å². The Morgan fingerprint density at radius 3 is 0.851 bits per heavy atom. The number of rotatable bonds is 3. The van der Waals surface area contributed by atoms with Crippen LogP contribution in [0.15, 0.2) is 183 Å². The molecule has 0 saturated carbocycles. The van der Waals surface area contributed by atoms with Crippen LogP contribution in [0.1, 0.15) is 0 Å². The van der Waals surface area contributed by atoms with Crippen molar-refractivity contribution < 1.29 is 44.7 Å². The number of benzene rings is 3. The van der Waals surface area contributed by atoms with Gasteiger partial charge in [0.1, 0.15) is 0 Å². The van der Waals surface area contributed by atoms with E-state index in [2.05, 4.69) is 101 Å². The number of hydrogen-bond acceptors (Lipinski definition) is 2. The van der Waals surface area contributed by atoms with E-state index >= 15 is 0 Å². The summed E-state index contributed by atoms with van der Waals surface area (Å²) in [6, 6.07) is 53.8. The molecule has 47 heavy (non-hydrogen) atoms. The van der Waals surface area contributed by atoms with Crippen molar-refractivity contribution in [3.8, 4) is 0 Å². The molecular formula is C34H32Cl2F6N2P2Ru. The molecule has 0 aliphatic carbocycles. The Kier molecular flexibility index (Phi) is 21.8. The van der Waals surface area contributed by atoms with Gasteiger partial charge in [0.2, 0.25) is 0 Å². The molecule has 4 aromatic carbocycles. The van der Waals surface area contributed by atoms with E-state index in [1.807, 2.05) is 66.7 Å². The van der Waals surface area contributed by atoms with Gasteiger partial charge in [-0.15, -0.1) is 23.2 Å². The molecule has 0 bridgehead atoms. The van der Waals surface area contributed by atoms with Crippen molar-refractivity contribution in [1.29, 1.82) is 0 Å². The van der Waals surface area contributed by atoms with Crippen molar-refractivity contribution in [2.45, 2.75) is 0 Å². The minimum absolute atomic E-state index is 0. The van der Waals surface area contributed by atoms with Crippen LogP contribution in [0, 0.1) is 0 Å². The summed E-state index contributed by atoms with van der Waals surface area (Å²) >= 11 is 9.53. The molecule has 0 saturated heterocycles. The molecule has 252 valence electrons. The van der Waals surface area contributed by atoms with E-state index in [-0.39, 0.29) is 24.8 Å². The van der Waals surface area contributed by atoms with Gasteiger partial charge in [-0.2, -0.15) is 18.2 Å². The smallest absolute Gasteiger partial charge is 0.265 e. The number of aromatic nitrogens is 2. The van der Waals surface area contributed by atoms with Gasteiger partial charge < -0.3 is 0 Å². The first-order valence-electron chi connectivity index (χ1n) is 13.3. The largest absolute Gasteiger partial charge is 2.00 e. The second-order valence-electron chi connectivity index (χ2n) is 8.41. The van der Waals surface area contributed by atoms with Crippen LogP contribution in [0.4, 0.5) is 25.2 Å². The summed E-state index contributed by atoms with van der Waals surface area (Å²) in [5, 5.41) is 4.39. The summed E-state index contributed by atoms with van der Waals surface area (Å²) in [6.07, 6.45) is 7.00. The van der Waals surface area contributed by atoms with Gasteiger partial charge in [0.25, 0.3) is 0 Å². The maximum Gasteiger partial charge on any atom is 2.00 e. The topological polar surface area (TPSA) is 25.8 Å². The van der Waals surface area contributed by atoms with Crippen molar-refractivity contribution in [3.63, 3.8) is 0 Å². The number of hydrogen-bond donors (Lipinski definition) is 0. The standard InChI is InChI=1S/C18H15P.2C5H5N.C5H5.CH2Cl2.F6P.Ru/c1-4-10-16(11-5-1)19(17-12-6-2-7-13-17)18-14-8-3-9-15-18;2*1-2-4-6-5-3-1;1-2-4-5-3-1;2-1-3;1-7(2,3,4,5)6;/h1-15H;2*1-5H;1-5H;1H2;;/q;;;-1;;-1;+2. The van der Waals surface area contributed by atoms with Crippen LogP contribution in [-0.4, -0.2) is 15.3 Å². The molecule has 0 N–H and O–H groups in total. The van der Waals surface area contributed by atoms with Gasteiger partial charge in [-0.1, -0.05) is 103 Å². The maximum atomic E-state index is 9.87. The number of pyridine rings is 2. The molecule has 2 aromatic heterocycles. The molecule has 13 heteroatoms. The van der Waals surface area contributed by atoms with Crippen molar-refractivity contribution in [2.24, 2.45) is 0 Å². The molecule has 0 amide bonds. The monoisotopic (exact) mass is 816 g/mol. The predicted molar refractivity (Wildman–Crippen MR) is 186 cm³/mol. The predicted octanol–water partition coefficient (Wildman–Crippen LogP) is 11.8. The van der Waals surface area contributed by atoms with Gasteiger partial charge >= 0.3 is 52.5 Å². The Morgan fingerprint density at radius 1 is 0.468 bits per heavy atom. The van der Waals surface area contributed by atoms with Gasteiger partial charge in [0, 0.05) is 24.8 Å². The van der Waals surface area contributed by atoms with Gasteiger partial charge in [-0.3, -0.25) is 9.97 Å². The van der Waals surface area contributed by atoms with Crippen LogP contribution in [0.2, 0.25) is 0 Å². The van der Waals surface area contributed by atoms with E-state index in [4.69, 9.17) is 23.2 Å². The molecule has 0 radical (unpaired) electrons. The summed E-state index contributed by atoms with van der Waals surface area (Å²) in [5.74, 6) is 0. The van der Waals surface area contributed by atoms with Crippen molar-refractivity contribution in [2.75, 3.05) is 5.34 Å². The Morgan fingerprint density at radius 2 is 0.702 bits per heavy atom. The summed E-state index contributed by atoms with van der Waals surface area (Å²) < 4.78 is 59.2. The van der Waals surface area contributed by atoms with Crippen LogP contribution >= 0.6 is 38.9 Å². The number of alkyl halides is 2. The first-order chi connectivity index (χ1) is 21.8. The van der Waals surface area contributed by atoms with E-state index < -0.39 is 15.7 Å². The quantitative estimate of drug-likeness (QED) is 0.0585. The number of halogens is 8. The first kappa shape index (κ1) is 44.0. The molecule has 6 rings (SSSR count). The third kappa shape index (κ3) is 28.9. The first-order valence-corrected chi connectivity index (χ1v) is 17.8. The normalized spacial score (nSPS) is 11.0. The van der Waals surface area contributed by atoms with Crippen LogP contribution in [-0.2, 0) is 19.5 Å². The van der Waals surface area contributed by atoms with E-state index in [0.717, 1.165) is 0 Å². The third-order valence-corrected chi connectivity index (χ3v) is 7.18.